The molecule has 0 spiro atoms. The smallest absolute Gasteiger partial charge is 0.145 e. The van der Waals surface area contributed by atoms with Crippen molar-refractivity contribution in [1.82, 2.24) is 9.97 Å². The van der Waals surface area contributed by atoms with Gasteiger partial charge in [0.05, 0.1) is 6.04 Å². The third-order valence-corrected chi connectivity index (χ3v) is 4.26. The Morgan fingerprint density at radius 2 is 2.22 bits per heavy atom. The third-order valence-electron chi connectivity index (χ3n) is 4.26. The molecule has 6 heteroatoms. The molecule has 2 aromatic rings. The maximum atomic E-state index is 9.44. The Kier molecular flexibility index (Phi) is 4.49. The second-order valence-electron chi connectivity index (χ2n) is 5.85. The van der Waals surface area contributed by atoms with E-state index >= 15 is 0 Å². The molecule has 0 unspecified atom stereocenters. The molecule has 1 aromatic carbocycles. The highest BCUT2D eigenvalue weighted by atomic mass is 15.0. The molecule has 3 rings (SSSR count). The summed E-state index contributed by atoms with van der Waals surface area (Å²) in [6, 6.07) is 8.09. The average Bonchev–Trinajstić information content (AvgIpc) is 3.01. The maximum Gasteiger partial charge on any atom is 0.145 e. The van der Waals surface area contributed by atoms with Gasteiger partial charge in [0.1, 0.15) is 23.3 Å². The minimum Gasteiger partial charge on any atom is -0.388 e. The van der Waals surface area contributed by atoms with Gasteiger partial charge >= 0.3 is 0 Å². The standard InChI is InChI=1S/C17H22N6/c1-20-11-6-7-12-14(9-11)21-8-4-2-3-5-13(19)17-22-15(10-18)16(12)23-17/h6-7,9,13,20-21H,2-5,8,19H2,1H3,(H,22,23)/t13-/m0/s1. The highest BCUT2D eigenvalue weighted by Gasteiger charge is 2.19. The van der Waals surface area contributed by atoms with E-state index in [1.807, 2.05) is 19.2 Å². The number of anilines is 2. The Labute approximate surface area is 136 Å². The SMILES string of the molecule is CNc1ccc2c(c1)NCCCCC[C@H](N)c1nc-2c(C#N)[nH]1. The van der Waals surface area contributed by atoms with Crippen LogP contribution in [0.1, 0.15) is 43.2 Å². The van der Waals surface area contributed by atoms with Crippen LogP contribution in [0.4, 0.5) is 11.4 Å². The van der Waals surface area contributed by atoms with Crippen LogP contribution in [-0.2, 0) is 0 Å². The molecule has 0 saturated heterocycles. The van der Waals surface area contributed by atoms with Crippen molar-refractivity contribution in [3.8, 4) is 17.3 Å². The van der Waals surface area contributed by atoms with Gasteiger partial charge in [-0.2, -0.15) is 5.26 Å². The molecular formula is C17H22N6. The molecular weight excluding hydrogens is 288 g/mol. The molecule has 0 aliphatic carbocycles. The molecule has 2 bridgehead atoms. The summed E-state index contributed by atoms with van der Waals surface area (Å²) in [7, 11) is 1.89. The number of aromatic nitrogens is 2. The van der Waals surface area contributed by atoms with Crippen molar-refractivity contribution >= 4 is 11.4 Å². The molecule has 0 amide bonds. The van der Waals surface area contributed by atoms with E-state index in [1.54, 1.807) is 0 Å². The summed E-state index contributed by atoms with van der Waals surface area (Å²) in [5.74, 6) is 0.695. The number of hydrogen-bond donors (Lipinski definition) is 4. The first-order valence-electron chi connectivity index (χ1n) is 8.04. The number of nitriles is 1. The van der Waals surface area contributed by atoms with Gasteiger partial charge in [0.25, 0.3) is 0 Å². The van der Waals surface area contributed by atoms with E-state index in [9.17, 15) is 5.26 Å². The summed E-state index contributed by atoms with van der Waals surface area (Å²) in [5.41, 5.74) is 10.3. The fourth-order valence-electron chi connectivity index (χ4n) is 2.92. The van der Waals surface area contributed by atoms with E-state index in [2.05, 4.69) is 32.7 Å². The lowest BCUT2D eigenvalue weighted by molar-refractivity contribution is 0.558. The number of nitrogens with two attached hydrogens (primary N) is 1. The second-order valence-corrected chi connectivity index (χ2v) is 5.85. The molecule has 1 atom stereocenters. The van der Waals surface area contributed by atoms with Gasteiger partial charge in [0.15, 0.2) is 0 Å². The van der Waals surface area contributed by atoms with Crippen LogP contribution in [0.3, 0.4) is 0 Å². The first-order valence-corrected chi connectivity index (χ1v) is 8.04. The van der Waals surface area contributed by atoms with Crippen LogP contribution in [0, 0.1) is 11.3 Å². The molecule has 1 aliphatic rings. The van der Waals surface area contributed by atoms with E-state index in [0.29, 0.717) is 17.2 Å². The van der Waals surface area contributed by atoms with Crippen LogP contribution in [0.15, 0.2) is 18.2 Å². The van der Waals surface area contributed by atoms with Gasteiger partial charge in [0, 0.05) is 30.5 Å². The number of fused-ring (bicyclic) bond motifs is 4. The van der Waals surface area contributed by atoms with Crippen molar-refractivity contribution in [3.63, 3.8) is 0 Å². The average molecular weight is 310 g/mol. The highest BCUT2D eigenvalue weighted by molar-refractivity contribution is 5.81. The number of hydrogen-bond acceptors (Lipinski definition) is 5. The summed E-state index contributed by atoms with van der Waals surface area (Å²) in [5, 5.41) is 16.1. The lowest BCUT2D eigenvalue weighted by atomic mass is 10.1. The fourth-order valence-corrected chi connectivity index (χ4v) is 2.92. The van der Waals surface area contributed by atoms with Crippen LogP contribution in [0.2, 0.25) is 0 Å². The summed E-state index contributed by atoms with van der Waals surface area (Å²) < 4.78 is 0. The predicted molar refractivity (Wildman–Crippen MR) is 92.2 cm³/mol. The van der Waals surface area contributed by atoms with E-state index < -0.39 is 0 Å². The number of rotatable bonds is 1. The number of nitrogens with one attached hydrogen (secondary N) is 3. The van der Waals surface area contributed by atoms with Crippen molar-refractivity contribution in [2.45, 2.75) is 31.7 Å². The van der Waals surface area contributed by atoms with Gasteiger partial charge in [0.2, 0.25) is 0 Å². The van der Waals surface area contributed by atoms with Crippen LogP contribution < -0.4 is 16.4 Å². The monoisotopic (exact) mass is 310 g/mol. The molecule has 0 fully saturated rings. The Morgan fingerprint density at radius 1 is 1.35 bits per heavy atom. The molecule has 1 aromatic heterocycles. The van der Waals surface area contributed by atoms with Gasteiger partial charge in [-0.3, -0.25) is 0 Å². The van der Waals surface area contributed by atoms with Crippen molar-refractivity contribution in [2.75, 3.05) is 24.2 Å². The Morgan fingerprint density at radius 3 is 3.00 bits per heavy atom. The van der Waals surface area contributed by atoms with E-state index in [0.717, 1.165) is 49.2 Å². The molecule has 0 saturated carbocycles. The van der Waals surface area contributed by atoms with Crippen molar-refractivity contribution < 1.29 is 0 Å². The van der Waals surface area contributed by atoms with Crippen LogP contribution in [0.5, 0.6) is 0 Å². The molecule has 0 radical (unpaired) electrons. The number of aromatic amines is 1. The fraction of sp³-hybridized carbons (Fsp3) is 0.412. The van der Waals surface area contributed by atoms with Crippen molar-refractivity contribution in [3.05, 3.63) is 29.7 Å². The lowest BCUT2D eigenvalue weighted by Crippen LogP contribution is -2.12. The topological polar surface area (TPSA) is 103 Å². The normalized spacial score (nSPS) is 17.9. The third kappa shape index (κ3) is 3.15. The number of nitrogens with zero attached hydrogens (tertiary/aromatic N) is 2. The summed E-state index contributed by atoms with van der Waals surface area (Å²) in [6.45, 7) is 0.897. The Bertz CT molecular complexity index is 727. The number of H-pyrrole nitrogens is 1. The zero-order valence-electron chi connectivity index (χ0n) is 13.3. The zero-order valence-corrected chi connectivity index (χ0v) is 13.3. The Balaban J connectivity index is 2.12. The lowest BCUT2D eigenvalue weighted by Gasteiger charge is -2.14. The van der Waals surface area contributed by atoms with Gasteiger partial charge in [-0.05, 0) is 31.0 Å². The van der Waals surface area contributed by atoms with Gasteiger partial charge in [-0.15, -0.1) is 0 Å². The number of benzene rings is 1. The van der Waals surface area contributed by atoms with Crippen LogP contribution in [-0.4, -0.2) is 23.6 Å². The quantitative estimate of drug-likeness (QED) is 0.648. The first kappa shape index (κ1) is 15.4. The van der Waals surface area contributed by atoms with Crippen molar-refractivity contribution in [1.29, 1.82) is 5.26 Å². The zero-order chi connectivity index (χ0) is 16.2. The van der Waals surface area contributed by atoms with E-state index in [-0.39, 0.29) is 6.04 Å². The summed E-state index contributed by atoms with van der Waals surface area (Å²) in [6.07, 6.45) is 4.16. The van der Waals surface area contributed by atoms with Crippen LogP contribution >= 0.6 is 0 Å². The highest BCUT2D eigenvalue weighted by Crippen LogP contribution is 2.33. The van der Waals surface area contributed by atoms with E-state index in [1.165, 1.54) is 0 Å². The van der Waals surface area contributed by atoms with Crippen LogP contribution in [0.25, 0.3) is 11.3 Å². The summed E-state index contributed by atoms with van der Waals surface area (Å²) >= 11 is 0. The maximum absolute atomic E-state index is 9.44. The van der Waals surface area contributed by atoms with E-state index in [4.69, 9.17) is 5.73 Å². The second kappa shape index (κ2) is 6.71. The van der Waals surface area contributed by atoms with Gasteiger partial charge < -0.3 is 21.4 Å². The molecule has 2 heterocycles. The minimum atomic E-state index is -0.150. The Hall–Kier alpha value is -2.52. The van der Waals surface area contributed by atoms with Gasteiger partial charge in [-0.1, -0.05) is 12.8 Å². The minimum absolute atomic E-state index is 0.150. The summed E-state index contributed by atoms with van der Waals surface area (Å²) in [4.78, 5) is 7.73. The number of imidazole rings is 1. The molecule has 120 valence electrons. The molecule has 6 nitrogen and oxygen atoms in total. The molecule has 5 N–H and O–H groups in total. The molecule has 23 heavy (non-hydrogen) atoms. The molecule has 1 aliphatic heterocycles. The first-order chi connectivity index (χ1) is 11.2. The van der Waals surface area contributed by atoms with Crippen molar-refractivity contribution in [2.24, 2.45) is 5.73 Å². The van der Waals surface area contributed by atoms with Gasteiger partial charge in [-0.25, -0.2) is 4.98 Å². The predicted octanol–water partition coefficient (Wildman–Crippen LogP) is 2.98. The largest absolute Gasteiger partial charge is 0.388 e.